The van der Waals surface area contributed by atoms with Gasteiger partial charge in [-0.3, -0.25) is 9.78 Å². The number of carbonyl (C=O) groups excluding carboxylic acids is 1. The summed E-state index contributed by atoms with van der Waals surface area (Å²) in [5.74, 6) is 1.04. The van der Waals surface area contributed by atoms with E-state index in [9.17, 15) is 4.79 Å². The Morgan fingerprint density at radius 1 is 1.30 bits per heavy atom. The third-order valence-electron chi connectivity index (χ3n) is 4.84. The van der Waals surface area contributed by atoms with Gasteiger partial charge < -0.3 is 21.3 Å². The summed E-state index contributed by atoms with van der Waals surface area (Å²) >= 11 is 0. The van der Waals surface area contributed by atoms with Gasteiger partial charge >= 0.3 is 0 Å². The van der Waals surface area contributed by atoms with Crippen molar-refractivity contribution in [3.63, 3.8) is 0 Å². The van der Waals surface area contributed by atoms with E-state index in [4.69, 9.17) is 5.73 Å². The number of anilines is 3. The van der Waals surface area contributed by atoms with Crippen molar-refractivity contribution in [2.45, 2.75) is 31.7 Å². The molecule has 1 amide bonds. The van der Waals surface area contributed by atoms with Crippen LogP contribution >= 0.6 is 12.4 Å². The number of aromatic nitrogens is 3. The highest BCUT2D eigenvalue weighted by atomic mass is 35.5. The van der Waals surface area contributed by atoms with Crippen molar-refractivity contribution in [3.05, 3.63) is 35.8 Å². The number of nitrogens with two attached hydrogens (primary N) is 1. The van der Waals surface area contributed by atoms with Gasteiger partial charge in [-0.05, 0) is 31.9 Å². The minimum absolute atomic E-state index is 0. The first kappa shape index (κ1) is 19.3. The van der Waals surface area contributed by atoms with Crippen LogP contribution in [0.1, 0.15) is 41.7 Å². The lowest BCUT2D eigenvalue weighted by Crippen LogP contribution is -2.50. The summed E-state index contributed by atoms with van der Waals surface area (Å²) in [7, 11) is 0. The molecule has 4 N–H and O–H groups in total. The monoisotopic (exact) mass is 389 g/mol. The Hall–Kier alpha value is -2.45. The van der Waals surface area contributed by atoms with Gasteiger partial charge in [-0.15, -0.1) is 12.4 Å². The number of amides is 1. The van der Waals surface area contributed by atoms with E-state index in [-0.39, 0.29) is 24.0 Å². The maximum absolute atomic E-state index is 11.8. The first-order chi connectivity index (χ1) is 12.6. The summed E-state index contributed by atoms with van der Waals surface area (Å²) in [4.78, 5) is 27.3. The van der Waals surface area contributed by atoms with Crippen LogP contribution < -0.4 is 21.3 Å². The Kier molecular flexibility index (Phi) is 5.76. The summed E-state index contributed by atoms with van der Waals surface area (Å²) in [5.41, 5.74) is 7.65. The molecule has 144 valence electrons. The predicted octanol–water partition coefficient (Wildman–Crippen LogP) is 1.81. The molecule has 2 aromatic rings. The molecule has 27 heavy (non-hydrogen) atoms. The molecule has 9 heteroatoms. The summed E-state index contributed by atoms with van der Waals surface area (Å²) in [5, 5.41) is 6.52. The van der Waals surface area contributed by atoms with Crippen LogP contribution in [0.15, 0.2) is 24.5 Å². The van der Waals surface area contributed by atoms with Crippen LogP contribution in [0.4, 0.5) is 17.5 Å². The van der Waals surface area contributed by atoms with Crippen LogP contribution in [-0.4, -0.2) is 46.5 Å². The molecule has 1 aliphatic carbocycles. The fourth-order valence-electron chi connectivity index (χ4n) is 3.16. The van der Waals surface area contributed by atoms with E-state index >= 15 is 0 Å². The van der Waals surface area contributed by atoms with Crippen molar-refractivity contribution >= 4 is 35.8 Å². The third kappa shape index (κ3) is 4.28. The Balaban J connectivity index is 0.00000210. The van der Waals surface area contributed by atoms with Gasteiger partial charge in [0.05, 0.1) is 11.9 Å². The van der Waals surface area contributed by atoms with Gasteiger partial charge in [-0.1, -0.05) is 0 Å². The molecule has 1 saturated heterocycles. The fourth-order valence-corrected chi connectivity index (χ4v) is 3.16. The second-order valence-electron chi connectivity index (χ2n) is 6.91. The highest BCUT2D eigenvalue weighted by Crippen LogP contribution is 2.39. The summed E-state index contributed by atoms with van der Waals surface area (Å²) in [6.07, 6.45) is 5.69. The van der Waals surface area contributed by atoms with Crippen LogP contribution in [0.5, 0.6) is 0 Å². The lowest BCUT2D eigenvalue weighted by Gasteiger charge is -2.34. The van der Waals surface area contributed by atoms with Crippen LogP contribution in [0, 0.1) is 0 Å². The molecule has 3 heterocycles. The fraction of sp³-hybridized carbons (Fsp3) is 0.444. The number of nitrogens with zero attached hydrogens (tertiary/aromatic N) is 4. The van der Waals surface area contributed by atoms with Crippen molar-refractivity contribution in [1.29, 1.82) is 0 Å². The first-order valence-corrected chi connectivity index (χ1v) is 8.99. The van der Waals surface area contributed by atoms with Gasteiger partial charge in [-0.2, -0.15) is 4.98 Å². The molecule has 4 rings (SSSR count). The zero-order valence-electron chi connectivity index (χ0n) is 15.2. The molecular weight excluding hydrogens is 366 g/mol. The number of primary amides is 1. The maximum atomic E-state index is 11.8. The largest absolute Gasteiger partial charge is 0.365 e. The predicted molar refractivity (Wildman–Crippen MR) is 107 cm³/mol. The number of pyridine rings is 1. The number of hydrogen-bond acceptors (Lipinski definition) is 7. The van der Waals surface area contributed by atoms with E-state index in [0.29, 0.717) is 17.7 Å². The molecule has 2 fully saturated rings. The second-order valence-corrected chi connectivity index (χ2v) is 6.91. The standard InChI is InChI=1S/C18H23N7O.ClH/c1-11-8-20-6-7-25(11)18-22-10-14(16(19)26)17(24-18)23-13-4-5-15(21-9-13)12-2-3-12;/h4-5,9-12,20H,2-3,6-8H2,1H3,(H2,19,26)(H,22,23,24);1H/t11-;/m1./s1. The highest BCUT2D eigenvalue weighted by molar-refractivity contribution is 5.98. The number of halogens is 1. The Morgan fingerprint density at radius 3 is 2.74 bits per heavy atom. The quantitative estimate of drug-likeness (QED) is 0.715. The van der Waals surface area contributed by atoms with Gasteiger partial charge in [0.2, 0.25) is 5.95 Å². The minimum atomic E-state index is -0.560. The zero-order chi connectivity index (χ0) is 18.1. The summed E-state index contributed by atoms with van der Waals surface area (Å²) in [6.45, 7) is 4.68. The molecule has 0 bridgehead atoms. The van der Waals surface area contributed by atoms with E-state index < -0.39 is 5.91 Å². The topological polar surface area (TPSA) is 109 Å². The average Bonchev–Trinajstić information content (AvgIpc) is 3.48. The summed E-state index contributed by atoms with van der Waals surface area (Å²) in [6, 6.07) is 4.25. The SMILES string of the molecule is C[C@@H]1CNCCN1c1ncc(C(N)=O)c(Nc2ccc(C3CC3)nc2)n1.Cl. The number of hydrogen-bond donors (Lipinski definition) is 3. The molecule has 2 aliphatic rings. The number of rotatable bonds is 5. The molecule has 2 aromatic heterocycles. The van der Waals surface area contributed by atoms with E-state index in [1.807, 2.05) is 12.1 Å². The highest BCUT2D eigenvalue weighted by Gasteiger charge is 2.25. The van der Waals surface area contributed by atoms with Crippen molar-refractivity contribution < 1.29 is 4.79 Å². The summed E-state index contributed by atoms with van der Waals surface area (Å²) < 4.78 is 0. The molecule has 0 aromatic carbocycles. The van der Waals surface area contributed by atoms with Crippen LogP contribution in [0.25, 0.3) is 0 Å². The lowest BCUT2D eigenvalue weighted by atomic mass is 10.2. The van der Waals surface area contributed by atoms with Crippen molar-refractivity contribution in [2.75, 3.05) is 29.9 Å². The molecular formula is C18H24ClN7O. The van der Waals surface area contributed by atoms with Crippen molar-refractivity contribution in [1.82, 2.24) is 20.3 Å². The maximum Gasteiger partial charge on any atom is 0.254 e. The van der Waals surface area contributed by atoms with Crippen molar-refractivity contribution in [3.8, 4) is 0 Å². The molecule has 8 nitrogen and oxygen atoms in total. The zero-order valence-corrected chi connectivity index (χ0v) is 16.0. The van der Waals surface area contributed by atoms with E-state index in [0.717, 1.165) is 31.0 Å². The molecule has 0 radical (unpaired) electrons. The van der Waals surface area contributed by atoms with Gasteiger partial charge in [-0.25, -0.2) is 4.98 Å². The second kappa shape index (κ2) is 8.06. The van der Waals surface area contributed by atoms with Crippen LogP contribution in [0.2, 0.25) is 0 Å². The van der Waals surface area contributed by atoms with Gasteiger partial charge in [0.15, 0.2) is 0 Å². The van der Waals surface area contributed by atoms with E-state index in [2.05, 4.69) is 37.4 Å². The van der Waals surface area contributed by atoms with Gasteiger partial charge in [0, 0.05) is 43.5 Å². The number of nitrogens with one attached hydrogen (secondary N) is 2. The Labute approximate surface area is 164 Å². The number of piperazine rings is 1. The Morgan fingerprint density at radius 2 is 2.11 bits per heavy atom. The lowest BCUT2D eigenvalue weighted by molar-refractivity contribution is 0.100. The van der Waals surface area contributed by atoms with Crippen LogP contribution in [0.3, 0.4) is 0 Å². The normalized spacial score (nSPS) is 19.3. The first-order valence-electron chi connectivity index (χ1n) is 8.99. The third-order valence-corrected chi connectivity index (χ3v) is 4.84. The Bertz CT molecular complexity index is 810. The van der Waals surface area contributed by atoms with Gasteiger partial charge in [0.25, 0.3) is 5.91 Å². The molecule has 1 aliphatic heterocycles. The van der Waals surface area contributed by atoms with Crippen LogP contribution in [-0.2, 0) is 0 Å². The van der Waals surface area contributed by atoms with E-state index in [1.165, 1.54) is 19.0 Å². The van der Waals surface area contributed by atoms with E-state index in [1.54, 1.807) is 6.20 Å². The van der Waals surface area contributed by atoms with Crippen molar-refractivity contribution in [2.24, 2.45) is 5.73 Å². The number of carbonyl (C=O) groups is 1. The average molecular weight is 390 g/mol. The molecule has 1 saturated carbocycles. The molecule has 0 spiro atoms. The smallest absolute Gasteiger partial charge is 0.254 e. The minimum Gasteiger partial charge on any atom is -0.365 e. The van der Waals surface area contributed by atoms with Gasteiger partial charge in [0.1, 0.15) is 11.4 Å². The molecule has 1 atom stereocenters. The molecule has 0 unspecified atom stereocenters.